The lowest BCUT2D eigenvalue weighted by Gasteiger charge is -2.16. The molecule has 0 saturated heterocycles. The first kappa shape index (κ1) is 14.4. The van der Waals surface area contributed by atoms with E-state index in [2.05, 4.69) is 32.2 Å². The van der Waals surface area contributed by atoms with Crippen LogP contribution in [0.5, 0.6) is 0 Å². The van der Waals surface area contributed by atoms with Gasteiger partial charge in [0.05, 0.1) is 18.2 Å². The summed E-state index contributed by atoms with van der Waals surface area (Å²) in [5.74, 6) is 0.667. The largest absolute Gasteiger partial charge is 0.378 e. The van der Waals surface area contributed by atoms with E-state index in [1.807, 2.05) is 6.92 Å². The fourth-order valence-corrected chi connectivity index (χ4v) is 1.58. The summed E-state index contributed by atoms with van der Waals surface area (Å²) >= 11 is 0. The fourth-order valence-electron chi connectivity index (χ4n) is 1.58. The third-order valence-corrected chi connectivity index (χ3v) is 2.22. The minimum Gasteiger partial charge on any atom is -0.378 e. The van der Waals surface area contributed by atoms with E-state index in [0.29, 0.717) is 18.6 Å². The molecule has 0 saturated carbocycles. The molecule has 0 radical (unpaired) electrons. The van der Waals surface area contributed by atoms with Crippen LogP contribution in [-0.4, -0.2) is 25.3 Å². The lowest BCUT2D eigenvalue weighted by molar-refractivity contribution is 0.0483. The van der Waals surface area contributed by atoms with E-state index in [9.17, 15) is 0 Å². The van der Waals surface area contributed by atoms with E-state index >= 15 is 0 Å². The Kier molecular flexibility index (Phi) is 8.35. The van der Waals surface area contributed by atoms with Gasteiger partial charge >= 0.3 is 0 Å². The molecule has 1 N–H and O–H groups in total. The standard InChI is InChI=1S/C12H24N2O/c1-5-14-12(9-13)6-7-15-11(4)8-10(2)3/h10-12,14H,5-8H2,1-4H3. The van der Waals surface area contributed by atoms with Crippen molar-refractivity contribution >= 4 is 0 Å². The van der Waals surface area contributed by atoms with Crippen LogP contribution in [0.25, 0.3) is 0 Å². The molecule has 0 aromatic rings. The molecule has 0 heterocycles. The van der Waals surface area contributed by atoms with Gasteiger partial charge in [0, 0.05) is 6.61 Å². The van der Waals surface area contributed by atoms with Crippen molar-refractivity contribution in [2.24, 2.45) is 5.92 Å². The maximum atomic E-state index is 8.80. The Hall–Kier alpha value is -0.590. The quantitative estimate of drug-likeness (QED) is 0.671. The Morgan fingerprint density at radius 2 is 2.00 bits per heavy atom. The molecule has 3 heteroatoms. The lowest BCUT2D eigenvalue weighted by Crippen LogP contribution is -2.29. The number of nitriles is 1. The third kappa shape index (κ3) is 8.41. The number of nitrogens with zero attached hydrogens (tertiary/aromatic N) is 1. The number of hydrogen-bond acceptors (Lipinski definition) is 3. The predicted molar refractivity (Wildman–Crippen MR) is 62.6 cm³/mol. The van der Waals surface area contributed by atoms with E-state index in [0.717, 1.165) is 19.4 Å². The second kappa shape index (κ2) is 8.70. The first-order valence-corrected chi connectivity index (χ1v) is 5.84. The molecule has 0 aromatic carbocycles. The van der Waals surface area contributed by atoms with Crippen LogP contribution in [0, 0.1) is 17.2 Å². The summed E-state index contributed by atoms with van der Waals surface area (Å²) in [5.41, 5.74) is 0. The number of ether oxygens (including phenoxy) is 1. The second-order valence-corrected chi connectivity index (χ2v) is 4.34. The van der Waals surface area contributed by atoms with Gasteiger partial charge in [0.25, 0.3) is 0 Å². The smallest absolute Gasteiger partial charge is 0.0974 e. The van der Waals surface area contributed by atoms with Crippen molar-refractivity contribution in [3.05, 3.63) is 0 Å². The molecule has 0 aliphatic heterocycles. The highest BCUT2D eigenvalue weighted by Crippen LogP contribution is 2.08. The summed E-state index contributed by atoms with van der Waals surface area (Å²) in [4.78, 5) is 0. The summed E-state index contributed by atoms with van der Waals surface area (Å²) in [5, 5.41) is 11.9. The van der Waals surface area contributed by atoms with Crippen LogP contribution in [0.3, 0.4) is 0 Å². The van der Waals surface area contributed by atoms with Gasteiger partial charge < -0.3 is 10.1 Å². The minimum absolute atomic E-state index is 0.0683. The summed E-state index contributed by atoms with van der Waals surface area (Å²) in [6.07, 6.45) is 2.15. The molecule has 88 valence electrons. The van der Waals surface area contributed by atoms with Gasteiger partial charge in [-0.05, 0) is 32.2 Å². The lowest BCUT2D eigenvalue weighted by atomic mass is 10.1. The van der Waals surface area contributed by atoms with Crippen LogP contribution < -0.4 is 5.32 Å². The van der Waals surface area contributed by atoms with Gasteiger partial charge in [-0.3, -0.25) is 0 Å². The van der Waals surface area contributed by atoms with Gasteiger partial charge in [-0.1, -0.05) is 20.8 Å². The normalized spacial score (nSPS) is 14.9. The predicted octanol–water partition coefficient (Wildman–Crippen LogP) is 2.33. The summed E-state index contributed by atoms with van der Waals surface area (Å²) < 4.78 is 5.64. The topological polar surface area (TPSA) is 45.0 Å². The number of rotatable bonds is 8. The average molecular weight is 212 g/mol. The first-order chi connectivity index (χ1) is 7.10. The molecule has 3 nitrogen and oxygen atoms in total. The van der Waals surface area contributed by atoms with E-state index in [1.54, 1.807) is 0 Å². The highest BCUT2D eigenvalue weighted by molar-refractivity contribution is 4.88. The Balaban J connectivity index is 3.55. The average Bonchev–Trinajstić information content (AvgIpc) is 2.15. The van der Waals surface area contributed by atoms with Crippen molar-refractivity contribution in [1.29, 1.82) is 5.26 Å². The van der Waals surface area contributed by atoms with Crippen LogP contribution >= 0.6 is 0 Å². The van der Waals surface area contributed by atoms with Crippen LogP contribution in [-0.2, 0) is 4.74 Å². The van der Waals surface area contributed by atoms with Gasteiger partial charge in [-0.25, -0.2) is 0 Å². The fraction of sp³-hybridized carbons (Fsp3) is 0.917. The summed E-state index contributed by atoms with van der Waals surface area (Å²) in [7, 11) is 0. The Labute approximate surface area is 93.8 Å². The zero-order chi connectivity index (χ0) is 11.7. The Morgan fingerprint density at radius 1 is 1.33 bits per heavy atom. The molecule has 2 unspecified atom stereocenters. The van der Waals surface area contributed by atoms with Crippen molar-refractivity contribution in [2.45, 2.75) is 52.7 Å². The SMILES string of the molecule is CCNC(C#N)CCOC(C)CC(C)C. The maximum absolute atomic E-state index is 8.80. The number of nitrogens with one attached hydrogen (secondary N) is 1. The molecular weight excluding hydrogens is 188 g/mol. The van der Waals surface area contributed by atoms with Gasteiger partial charge in [0.1, 0.15) is 0 Å². The summed E-state index contributed by atoms with van der Waals surface area (Å²) in [6.45, 7) is 9.98. The minimum atomic E-state index is -0.0683. The van der Waals surface area contributed by atoms with Crippen LogP contribution in [0.1, 0.15) is 40.5 Å². The van der Waals surface area contributed by atoms with Gasteiger partial charge in [0.2, 0.25) is 0 Å². The zero-order valence-electron chi connectivity index (χ0n) is 10.4. The van der Waals surface area contributed by atoms with E-state index < -0.39 is 0 Å². The molecule has 0 rings (SSSR count). The highest BCUT2D eigenvalue weighted by Gasteiger charge is 2.08. The zero-order valence-corrected chi connectivity index (χ0v) is 10.4. The summed E-state index contributed by atoms with van der Waals surface area (Å²) in [6, 6.07) is 2.16. The van der Waals surface area contributed by atoms with E-state index in [-0.39, 0.29) is 6.04 Å². The molecule has 0 aliphatic carbocycles. The van der Waals surface area contributed by atoms with Crippen LogP contribution in [0.15, 0.2) is 0 Å². The molecule has 15 heavy (non-hydrogen) atoms. The second-order valence-electron chi connectivity index (χ2n) is 4.34. The van der Waals surface area contributed by atoms with E-state index in [4.69, 9.17) is 10.00 Å². The van der Waals surface area contributed by atoms with Crippen molar-refractivity contribution in [3.8, 4) is 6.07 Å². The monoisotopic (exact) mass is 212 g/mol. The van der Waals surface area contributed by atoms with Gasteiger partial charge in [0.15, 0.2) is 0 Å². The maximum Gasteiger partial charge on any atom is 0.0974 e. The molecule has 0 amide bonds. The van der Waals surface area contributed by atoms with Crippen LogP contribution in [0.2, 0.25) is 0 Å². The van der Waals surface area contributed by atoms with Crippen molar-refractivity contribution in [1.82, 2.24) is 5.32 Å². The molecule has 0 aromatic heterocycles. The highest BCUT2D eigenvalue weighted by atomic mass is 16.5. The molecule has 0 bridgehead atoms. The Bertz CT molecular complexity index is 187. The molecule has 0 aliphatic rings. The molecule has 0 fully saturated rings. The molecule has 0 spiro atoms. The third-order valence-electron chi connectivity index (χ3n) is 2.22. The van der Waals surface area contributed by atoms with Crippen LogP contribution in [0.4, 0.5) is 0 Å². The van der Waals surface area contributed by atoms with Crippen molar-refractivity contribution < 1.29 is 4.74 Å². The first-order valence-electron chi connectivity index (χ1n) is 5.84. The molecule has 2 atom stereocenters. The Morgan fingerprint density at radius 3 is 2.47 bits per heavy atom. The van der Waals surface area contributed by atoms with E-state index in [1.165, 1.54) is 0 Å². The number of hydrogen-bond donors (Lipinski definition) is 1. The van der Waals surface area contributed by atoms with Gasteiger partial charge in [-0.2, -0.15) is 5.26 Å². The van der Waals surface area contributed by atoms with Crippen molar-refractivity contribution in [2.75, 3.05) is 13.2 Å². The van der Waals surface area contributed by atoms with Gasteiger partial charge in [-0.15, -0.1) is 0 Å². The van der Waals surface area contributed by atoms with Crippen molar-refractivity contribution in [3.63, 3.8) is 0 Å². The molecular formula is C12H24N2O.